The van der Waals surface area contributed by atoms with Crippen LogP contribution in [0.3, 0.4) is 0 Å². The zero-order valence-corrected chi connectivity index (χ0v) is 25.0. The lowest BCUT2D eigenvalue weighted by Crippen LogP contribution is -2.46. The molecule has 2 aliphatic rings. The number of anilines is 2. The van der Waals surface area contributed by atoms with Gasteiger partial charge in [0.1, 0.15) is 11.6 Å². The van der Waals surface area contributed by atoms with Gasteiger partial charge in [0, 0.05) is 83.4 Å². The van der Waals surface area contributed by atoms with Gasteiger partial charge in [-0.1, -0.05) is 42.5 Å². The molecule has 2 saturated heterocycles. The van der Waals surface area contributed by atoms with Crippen LogP contribution in [0.5, 0.6) is 0 Å². The molecule has 10 heteroatoms. The molecule has 7 rings (SSSR count). The Bertz CT molecular complexity index is 1550. The summed E-state index contributed by atoms with van der Waals surface area (Å²) in [7, 11) is 0. The van der Waals surface area contributed by atoms with Gasteiger partial charge in [0.05, 0.1) is 11.4 Å². The Morgan fingerprint density at radius 1 is 0.605 bits per heavy atom. The van der Waals surface area contributed by atoms with Crippen LogP contribution in [-0.2, 0) is 6.54 Å². The van der Waals surface area contributed by atoms with E-state index in [-0.39, 0.29) is 0 Å². The van der Waals surface area contributed by atoms with Gasteiger partial charge < -0.3 is 15.1 Å². The zero-order valence-electron chi connectivity index (χ0n) is 25.0. The average Bonchev–Trinajstić information content (AvgIpc) is 3.66. The number of nitrogens with one attached hydrogen (secondary N) is 1. The fourth-order valence-corrected chi connectivity index (χ4v) is 5.59. The summed E-state index contributed by atoms with van der Waals surface area (Å²) < 4.78 is 3.89. The van der Waals surface area contributed by atoms with Crippen LogP contribution in [0.4, 0.5) is 11.6 Å². The van der Waals surface area contributed by atoms with Crippen molar-refractivity contribution in [1.29, 1.82) is 0 Å². The molecule has 6 heterocycles. The molecule has 0 bridgehead atoms. The smallest absolute Gasteiger partial charge is 0.155 e. The van der Waals surface area contributed by atoms with Gasteiger partial charge >= 0.3 is 0 Å². The molecule has 0 saturated carbocycles. The number of pyridine rings is 2. The van der Waals surface area contributed by atoms with E-state index in [4.69, 9.17) is 0 Å². The van der Waals surface area contributed by atoms with Crippen molar-refractivity contribution in [1.82, 2.24) is 39.7 Å². The highest BCUT2D eigenvalue weighted by atomic mass is 15.4. The monoisotopic (exact) mass is 576 g/mol. The lowest BCUT2D eigenvalue weighted by molar-refractivity contribution is 0.249. The Labute approximate surface area is 253 Å². The molecular formula is C33H40N10. The number of hydrogen-bond acceptors (Lipinski definition) is 8. The van der Waals surface area contributed by atoms with Gasteiger partial charge in [-0.05, 0) is 43.7 Å². The van der Waals surface area contributed by atoms with Gasteiger partial charge in [0.2, 0.25) is 0 Å². The van der Waals surface area contributed by atoms with Crippen molar-refractivity contribution >= 4 is 11.6 Å². The van der Waals surface area contributed by atoms with Gasteiger partial charge in [-0.15, -0.1) is 0 Å². The van der Waals surface area contributed by atoms with Gasteiger partial charge in [-0.2, -0.15) is 19.6 Å². The lowest BCUT2D eigenvalue weighted by atomic mass is 10.2. The summed E-state index contributed by atoms with van der Waals surface area (Å²) in [5, 5.41) is 12.6. The number of nitrogens with zero attached hydrogens (tertiary/aromatic N) is 9. The van der Waals surface area contributed by atoms with E-state index in [1.165, 1.54) is 5.56 Å². The number of piperazine rings is 2. The SMILES string of the molecule is Cc1cc(N2CCN(Cc3ccccc3)CC2)n(-c2ccccn2)n1.Cc1cc(N2CCNCC2)n(-c2ccccn2)n1. The zero-order chi connectivity index (χ0) is 29.4. The first-order valence-electron chi connectivity index (χ1n) is 15.1. The van der Waals surface area contributed by atoms with Crippen LogP contribution in [0.25, 0.3) is 11.6 Å². The Morgan fingerprint density at radius 2 is 1.12 bits per heavy atom. The van der Waals surface area contributed by atoms with E-state index in [0.717, 1.165) is 93.6 Å². The van der Waals surface area contributed by atoms with Crippen LogP contribution in [0, 0.1) is 13.8 Å². The number of hydrogen-bond donors (Lipinski definition) is 1. The Morgan fingerprint density at radius 3 is 1.63 bits per heavy atom. The topological polar surface area (TPSA) is 83.2 Å². The molecule has 0 atom stereocenters. The van der Waals surface area contributed by atoms with Crippen molar-refractivity contribution < 1.29 is 0 Å². The summed E-state index contributed by atoms with van der Waals surface area (Å²) in [6.07, 6.45) is 3.61. The largest absolute Gasteiger partial charge is 0.354 e. The van der Waals surface area contributed by atoms with E-state index in [9.17, 15) is 0 Å². The number of aromatic nitrogens is 6. The van der Waals surface area contributed by atoms with Gasteiger partial charge in [-0.25, -0.2) is 9.97 Å². The molecule has 0 amide bonds. The van der Waals surface area contributed by atoms with Crippen LogP contribution in [0.2, 0.25) is 0 Å². The van der Waals surface area contributed by atoms with Crippen LogP contribution in [-0.4, -0.2) is 86.8 Å². The second kappa shape index (κ2) is 13.6. The summed E-state index contributed by atoms with van der Waals surface area (Å²) in [6.45, 7) is 13.3. The summed E-state index contributed by atoms with van der Waals surface area (Å²) in [4.78, 5) is 16.1. The summed E-state index contributed by atoms with van der Waals surface area (Å²) in [5.41, 5.74) is 3.42. The molecule has 10 nitrogen and oxygen atoms in total. The lowest BCUT2D eigenvalue weighted by Gasteiger charge is -2.35. The maximum absolute atomic E-state index is 4.64. The standard InChI is InChI=1S/C20H23N5.C13H17N5/c1-17-15-20(25(22-17)19-9-5-6-10-21-19)24-13-11-23(12-14-24)16-18-7-3-2-4-8-18;1-11-10-13(17-8-6-14-7-9-17)18(16-11)12-4-2-3-5-15-12/h2-10,15H,11-14,16H2,1H3;2-5,10,14H,6-9H2,1H3. The minimum Gasteiger partial charge on any atom is -0.354 e. The maximum atomic E-state index is 4.64. The first-order chi connectivity index (χ1) is 21.1. The molecule has 1 N–H and O–H groups in total. The second-order valence-corrected chi connectivity index (χ2v) is 11.0. The van der Waals surface area contributed by atoms with E-state index in [1.54, 1.807) is 6.20 Å². The van der Waals surface area contributed by atoms with Crippen LogP contribution >= 0.6 is 0 Å². The van der Waals surface area contributed by atoms with Gasteiger partial charge in [-0.3, -0.25) is 4.90 Å². The van der Waals surface area contributed by atoms with Gasteiger partial charge in [0.25, 0.3) is 0 Å². The molecular weight excluding hydrogens is 536 g/mol. The second-order valence-electron chi connectivity index (χ2n) is 11.0. The highest BCUT2D eigenvalue weighted by Crippen LogP contribution is 2.22. The fraction of sp³-hybridized carbons (Fsp3) is 0.333. The summed E-state index contributed by atoms with van der Waals surface area (Å²) in [5.74, 6) is 4.01. The molecule has 1 aromatic carbocycles. The predicted molar refractivity (Wildman–Crippen MR) is 171 cm³/mol. The van der Waals surface area contributed by atoms with Crippen LogP contribution in [0.1, 0.15) is 17.0 Å². The van der Waals surface area contributed by atoms with E-state index >= 15 is 0 Å². The maximum Gasteiger partial charge on any atom is 0.155 e. The van der Waals surface area contributed by atoms with Crippen LogP contribution in [0.15, 0.2) is 91.3 Å². The Hall–Kier alpha value is -4.54. The first-order valence-corrected chi connectivity index (χ1v) is 15.1. The Kier molecular flexibility index (Phi) is 9.05. The molecule has 4 aromatic heterocycles. The Balaban J connectivity index is 0.000000162. The van der Waals surface area contributed by atoms with Crippen molar-refractivity contribution in [2.45, 2.75) is 20.4 Å². The fourth-order valence-electron chi connectivity index (χ4n) is 5.59. The molecule has 0 spiro atoms. The van der Waals surface area contributed by atoms with Crippen molar-refractivity contribution in [3.8, 4) is 11.6 Å². The molecule has 43 heavy (non-hydrogen) atoms. The number of aryl methyl sites for hydroxylation is 2. The molecule has 0 unspecified atom stereocenters. The molecule has 222 valence electrons. The van der Waals surface area contributed by atoms with Crippen molar-refractivity contribution in [2.75, 3.05) is 62.2 Å². The highest BCUT2D eigenvalue weighted by Gasteiger charge is 2.22. The van der Waals surface area contributed by atoms with E-state index in [2.05, 4.69) is 82.6 Å². The third-order valence-corrected chi connectivity index (χ3v) is 7.74. The highest BCUT2D eigenvalue weighted by molar-refractivity contribution is 5.47. The quantitative estimate of drug-likeness (QED) is 0.326. The predicted octanol–water partition coefficient (Wildman–Crippen LogP) is 3.88. The molecule has 0 radical (unpaired) electrons. The van der Waals surface area contributed by atoms with Crippen molar-refractivity contribution in [3.63, 3.8) is 0 Å². The normalized spacial score (nSPS) is 15.7. The van der Waals surface area contributed by atoms with Crippen molar-refractivity contribution in [2.24, 2.45) is 0 Å². The van der Waals surface area contributed by atoms with Gasteiger partial charge in [0.15, 0.2) is 11.6 Å². The van der Waals surface area contributed by atoms with E-state index in [1.807, 2.05) is 65.8 Å². The molecule has 5 aromatic rings. The van der Waals surface area contributed by atoms with E-state index in [0.29, 0.717) is 0 Å². The average molecular weight is 577 g/mol. The summed E-state index contributed by atoms with van der Waals surface area (Å²) in [6, 6.07) is 26.8. The van der Waals surface area contributed by atoms with E-state index < -0.39 is 0 Å². The minimum atomic E-state index is 0.873. The third kappa shape index (κ3) is 7.10. The van der Waals surface area contributed by atoms with Crippen LogP contribution < -0.4 is 15.1 Å². The third-order valence-electron chi connectivity index (χ3n) is 7.74. The molecule has 2 aliphatic heterocycles. The molecule has 2 fully saturated rings. The minimum absolute atomic E-state index is 0.873. The number of rotatable bonds is 6. The number of benzene rings is 1. The summed E-state index contributed by atoms with van der Waals surface area (Å²) >= 11 is 0. The first kappa shape index (κ1) is 28.6. The molecule has 0 aliphatic carbocycles. The van der Waals surface area contributed by atoms with Crippen molar-refractivity contribution in [3.05, 3.63) is 108 Å².